The van der Waals surface area contributed by atoms with Crippen LogP contribution >= 0.6 is 23.1 Å². The van der Waals surface area contributed by atoms with Crippen molar-refractivity contribution in [3.05, 3.63) is 65.2 Å². The predicted octanol–water partition coefficient (Wildman–Crippen LogP) is 5.10. The van der Waals surface area contributed by atoms with Crippen molar-refractivity contribution >= 4 is 45.7 Å². The lowest BCUT2D eigenvalue weighted by molar-refractivity contribution is -0.113. The molecule has 162 valence electrons. The molecule has 0 bridgehead atoms. The maximum absolute atomic E-state index is 13.6. The normalized spacial score (nSPS) is 11.3. The van der Waals surface area contributed by atoms with Gasteiger partial charge in [-0.2, -0.15) is 0 Å². The Kier molecular flexibility index (Phi) is 7.01. The van der Waals surface area contributed by atoms with Crippen molar-refractivity contribution in [3.8, 4) is 0 Å². The van der Waals surface area contributed by atoms with Gasteiger partial charge in [-0.15, -0.1) is 10.2 Å². The minimum Gasteiger partial charge on any atom is -0.323 e. The van der Waals surface area contributed by atoms with Gasteiger partial charge in [0.15, 0.2) is 4.34 Å². The molecular formula is C21H20F2N4O2S2. The van der Waals surface area contributed by atoms with Crippen LogP contribution in [0.5, 0.6) is 0 Å². The Morgan fingerprint density at radius 3 is 2.39 bits per heavy atom. The molecule has 0 aliphatic carbocycles. The average molecular weight is 463 g/mol. The van der Waals surface area contributed by atoms with E-state index in [1.54, 1.807) is 12.1 Å². The molecule has 3 rings (SSSR count). The van der Waals surface area contributed by atoms with E-state index in [0.29, 0.717) is 21.1 Å². The number of nitrogens with zero attached hydrogens (tertiary/aromatic N) is 2. The molecule has 2 N–H and O–H groups in total. The summed E-state index contributed by atoms with van der Waals surface area (Å²) < 4.78 is 27.0. The fourth-order valence-corrected chi connectivity index (χ4v) is 4.06. The second-order valence-electron chi connectivity index (χ2n) is 7.62. The zero-order valence-corrected chi connectivity index (χ0v) is 18.7. The van der Waals surface area contributed by atoms with Gasteiger partial charge in [-0.05, 0) is 35.2 Å². The number of thioether (sulfide) groups is 1. The van der Waals surface area contributed by atoms with Gasteiger partial charge in [0, 0.05) is 11.6 Å². The molecule has 1 heterocycles. The van der Waals surface area contributed by atoms with E-state index in [-0.39, 0.29) is 22.8 Å². The maximum atomic E-state index is 13.6. The van der Waals surface area contributed by atoms with Gasteiger partial charge >= 0.3 is 0 Å². The highest BCUT2D eigenvalue weighted by molar-refractivity contribution is 8.01. The van der Waals surface area contributed by atoms with Crippen LogP contribution in [0.15, 0.2) is 46.8 Å². The molecule has 6 nitrogen and oxygen atoms in total. The zero-order chi connectivity index (χ0) is 22.6. The second-order valence-corrected chi connectivity index (χ2v) is 9.82. The van der Waals surface area contributed by atoms with Crippen LogP contribution in [-0.4, -0.2) is 27.8 Å². The molecule has 2 aromatic carbocycles. The molecule has 10 heteroatoms. The van der Waals surface area contributed by atoms with Gasteiger partial charge in [0.05, 0.1) is 11.4 Å². The van der Waals surface area contributed by atoms with Gasteiger partial charge in [-0.3, -0.25) is 14.9 Å². The number of carbonyl (C=O) groups excluding carboxylic acids is 2. The lowest BCUT2D eigenvalue weighted by Gasteiger charge is -2.18. The number of halogens is 2. The molecule has 0 saturated carbocycles. The van der Waals surface area contributed by atoms with Gasteiger partial charge in [-0.25, -0.2) is 8.78 Å². The lowest BCUT2D eigenvalue weighted by Crippen LogP contribution is -2.15. The van der Waals surface area contributed by atoms with E-state index in [2.05, 4.69) is 41.6 Å². The van der Waals surface area contributed by atoms with Gasteiger partial charge in [0.2, 0.25) is 11.0 Å². The molecular weight excluding hydrogens is 442 g/mol. The summed E-state index contributed by atoms with van der Waals surface area (Å²) in [6, 6.07) is 10.2. The summed E-state index contributed by atoms with van der Waals surface area (Å²) >= 11 is 2.21. The number of amides is 2. The van der Waals surface area contributed by atoms with Gasteiger partial charge in [0.1, 0.15) is 11.6 Å². The Morgan fingerprint density at radius 1 is 1.03 bits per heavy atom. The summed E-state index contributed by atoms with van der Waals surface area (Å²) in [7, 11) is 0. The van der Waals surface area contributed by atoms with Crippen LogP contribution in [0.25, 0.3) is 0 Å². The van der Waals surface area contributed by atoms with Crippen molar-refractivity contribution in [1.29, 1.82) is 0 Å². The lowest BCUT2D eigenvalue weighted by atomic mass is 9.87. The standard InChI is InChI=1S/C21H20F2N4O2S2/c1-21(2,3)13-6-4-12(5-7-13)18(29)25-19-26-27-20(31-19)30-11-17(28)24-16-9-8-14(22)10-15(16)23/h4-10H,11H2,1-3H3,(H,24,28)(H,25,26,29). The summed E-state index contributed by atoms with van der Waals surface area (Å²) in [6.45, 7) is 6.29. The molecule has 0 radical (unpaired) electrons. The number of hydrogen-bond acceptors (Lipinski definition) is 6. The fraction of sp³-hybridized carbons (Fsp3) is 0.238. The van der Waals surface area contributed by atoms with Crippen LogP contribution in [0.1, 0.15) is 36.7 Å². The first-order valence-electron chi connectivity index (χ1n) is 9.25. The topological polar surface area (TPSA) is 84.0 Å². The molecule has 0 aliphatic heterocycles. The molecule has 0 atom stereocenters. The third kappa shape index (κ3) is 6.31. The molecule has 0 unspecified atom stereocenters. The summed E-state index contributed by atoms with van der Waals surface area (Å²) in [4.78, 5) is 24.4. The Hall–Kier alpha value is -2.85. The molecule has 1 aromatic heterocycles. The molecule has 0 spiro atoms. The maximum Gasteiger partial charge on any atom is 0.257 e. The number of aromatic nitrogens is 2. The van der Waals surface area contributed by atoms with Crippen LogP contribution < -0.4 is 10.6 Å². The molecule has 0 fully saturated rings. The predicted molar refractivity (Wildman–Crippen MR) is 119 cm³/mol. The van der Waals surface area contributed by atoms with E-state index in [1.807, 2.05) is 12.1 Å². The van der Waals surface area contributed by atoms with Crippen molar-refractivity contribution < 1.29 is 18.4 Å². The largest absolute Gasteiger partial charge is 0.323 e. The summed E-state index contributed by atoms with van der Waals surface area (Å²) in [5, 5.41) is 13.2. The highest BCUT2D eigenvalue weighted by Gasteiger charge is 2.16. The Labute approximate surface area is 186 Å². The van der Waals surface area contributed by atoms with Crippen LogP contribution in [0.2, 0.25) is 0 Å². The zero-order valence-electron chi connectivity index (χ0n) is 17.0. The summed E-state index contributed by atoms with van der Waals surface area (Å²) in [6.07, 6.45) is 0. The van der Waals surface area contributed by atoms with E-state index in [9.17, 15) is 18.4 Å². The smallest absolute Gasteiger partial charge is 0.257 e. The first-order chi connectivity index (χ1) is 14.6. The van der Waals surface area contributed by atoms with Crippen molar-refractivity contribution in [2.75, 3.05) is 16.4 Å². The molecule has 0 saturated heterocycles. The van der Waals surface area contributed by atoms with Crippen LogP contribution in [0.3, 0.4) is 0 Å². The number of anilines is 2. The average Bonchev–Trinajstić information content (AvgIpc) is 3.15. The molecule has 31 heavy (non-hydrogen) atoms. The van der Waals surface area contributed by atoms with Gasteiger partial charge < -0.3 is 5.32 Å². The van der Waals surface area contributed by atoms with Crippen LogP contribution in [0, 0.1) is 11.6 Å². The van der Waals surface area contributed by atoms with Crippen molar-refractivity contribution in [3.63, 3.8) is 0 Å². The highest BCUT2D eigenvalue weighted by Crippen LogP contribution is 2.27. The molecule has 0 aliphatic rings. The first-order valence-corrected chi connectivity index (χ1v) is 11.0. The van der Waals surface area contributed by atoms with Crippen molar-refractivity contribution in [2.24, 2.45) is 0 Å². The molecule has 2 amide bonds. The van der Waals surface area contributed by atoms with Gasteiger partial charge in [-0.1, -0.05) is 56.0 Å². The number of hydrogen-bond donors (Lipinski definition) is 2. The minimum absolute atomic E-state index is 0.00484. The van der Waals surface area contributed by atoms with Crippen LogP contribution in [0.4, 0.5) is 19.6 Å². The Balaban J connectivity index is 1.53. The van der Waals surface area contributed by atoms with E-state index in [1.165, 1.54) is 0 Å². The fourth-order valence-electron chi connectivity index (χ4n) is 2.51. The molecule has 3 aromatic rings. The quantitative estimate of drug-likeness (QED) is 0.393. The van der Waals surface area contributed by atoms with E-state index in [0.717, 1.165) is 40.8 Å². The summed E-state index contributed by atoms with van der Waals surface area (Å²) in [5.74, 6) is -2.41. The Bertz CT molecular complexity index is 1100. The first kappa shape index (κ1) is 22.8. The van der Waals surface area contributed by atoms with Crippen LogP contribution in [-0.2, 0) is 10.2 Å². The monoisotopic (exact) mass is 462 g/mol. The SMILES string of the molecule is CC(C)(C)c1ccc(C(=O)Nc2nnc(SCC(=O)Nc3ccc(F)cc3F)s2)cc1. The third-order valence-corrected chi connectivity index (χ3v) is 6.14. The van der Waals surface area contributed by atoms with E-state index in [4.69, 9.17) is 0 Å². The number of rotatable bonds is 6. The van der Waals surface area contributed by atoms with Crippen molar-refractivity contribution in [2.45, 2.75) is 30.5 Å². The van der Waals surface area contributed by atoms with E-state index >= 15 is 0 Å². The number of carbonyl (C=O) groups is 2. The Morgan fingerprint density at radius 2 is 1.74 bits per heavy atom. The summed E-state index contributed by atoms with van der Waals surface area (Å²) in [5.41, 5.74) is 1.51. The van der Waals surface area contributed by atoms with Crippen molar-refractivity contribution in [1.82, 2.24) is 10.2 Å². The number of nitrogens with one attached hydrogen (secondary N) is 2. The minimum atomic E-state index is -0.852. The second kappa shape index (κ2) is 9.52. The van der Waals surface area contributed by atoms with E-state index < -0.39 is 17.5 Å². The van der Waals surface area contributed by atoms with Gasteiger partial charge in [0.25, 0.3) is 5.91 Å². The highest BCUT2D eigenvalue weighted by atomic mass is 32.2. The number of benzene rings is 2. The third-order valence-electron chi connectivity index (χ3n) is 4.17.